The number of rotatable bonds is 6. The summed E-state index contributed by atoms with van der Waals surface area (Å²) < 4.78 is 2.27. The lowest BCUT2D eigenvalue weighted by atomic mass is 10.1. The molecule has 1 heterocycles. The van der Waals surface area contributed by atoms with Gasteiger partial charge in [-0.25, -0.2) is 4.79 Å². The maximum absolute atomic E-state index is 10.7. The molecule has 0 amide bonds. The van der Waals surface area contributed by atoms with E-state index in [-0.39, 0.29) is 0 Å². The highest BCUT2D eigenvalue weighted by atomic mass is 16.4. The fraction of sp³-hybridized carbons (Fsp3) is 0.353. The molecule has 20 heavy (non-hydrogen) atoms. The molecule has 0 saturated heterocycles. The van der Waals surface area contributed by atoms with E-state index in [0.29, 0.717) is 0 Å². The van der Waals surface area contributed by atoms with Gasteiger partial charge in [-0.15, -0.1) is 0 Å². The Morgan fingerprint density at radius 3 is 2.80 bits per heavy atom. The number of hydrogen-bond acceptors (Lipinski definition) is 1. The van der Waals surface area contributed by atoms with Crippen LogP contribution in [0.3, 0.4) is 0 Å². The molecule has 1 aromatic carbocycles. The molecule has 0 fully saturated rings. The maximum atomic E-state index is 10.7. The van der Waals surface area contributed by atoms with Crippen molar-refractivity contribution in [1.29, 1.82) is 0 Å². The molecule has 1 aromatic heterocycles. The maximum Gasteiger partial charge on any atom is 0.328 e. The number of carbonyl (C=O) groups is 1. The summed E-state index contributed by atoms with van der Waals surface area (Å²) in [4.78, 5) is 10.7. The predicted octanol–water partition coefficient (Wildman–Crippen LogP) is 4.32. The number of benzene rings is 1. The molecule has 0 radical (unpaired) electrons. The molecule has 0 unspecified atom stereocenters. The van der Waals surface area contributed by atoms with Gasteiger partial charge >= 0.3 is 5.97 Å². The third-order valence-corrected chi connectivity index (χ3v) is 3.57. The molecule has 0 aliphatic heterocycles. The highest BCUT2D eigenvalue weighted by Gasteiger charge is 2.04. The number of carboxylic acids is 1. The van der Waals surface area contributed by atoms with Crippen LogP contribution in [0.2, 0.25) is 0 Å². The Labute approximate surface area is 119 Å². The minimum Gasteiger partial charge on any atom is -0.478 e. The summed E-state index contributed by atoms with van der Waals surface area (Å²) in [5.74, 6) is -0.903. The lowest BCUT2D eigenvalue weighted by Crippen LogP contribution is -1.95. The summed E-state index contributed by atoms with van der Waals surface area (Å²) in [5, 5.41) is 9.97. The third-order valence-electron chi connectivity index (χ3n) is 3.57. The first-order valence-corrected chi connectivity index (χ1v) is 7.12. The van der Waals surface area contributed by atoms with Crippen molar-refractivity contribution in [3.63, 3.8) is 0 Å². The summed E-state index contributed by atoms with van der Waals surface area (Å²) in [6.45, 7) is 5.08. The van der Waals surface area contributed by atoms with Crippen LogP contribution in [-0.4, -0.2) is 15.6 Å². The fourth-order valence-corrected chi connectivity index (χ4v) is 2.44. The molecule has 0 spiro atoms. The van der Waals surface area contributed by atoms with E-state index in [4.69, 9.17) is 5.11 Å². The second-order valence-corrected chi connectivity index (χ2v) is 5.16. The van der Waals surface area contributed by atoms with E-state index >= 15 is 0 Å². The second kappa shape index (κ2) is 6.42. The van der Waals surface area contributed by atoms with Crippen molar-refractivity contribution in [3.8, 4) is 0 Å². The number of aryl methyl sites for hydroxylation is 1. The van der Waals surface area contributed by atoms with E-state index in [1.165, 1.54) is 30.9 Å². The Bertz CT molecular complexity index is 637. The van der Waals surface area contributed by atoms with E-state index < -0.39 is 5.97 Å². The molecule has 2 rings (SSSR count). The van der Waals surface area contributed by atoms with Crippen LogP contribution in [0.15, 0.2) is 36.5 Å². The average molecular weight is 271 g/mol. The van der Waals surface area contributed by atoms with Crippen LogP contribution in [0.1, 0.15) is 38.7 Å². The lowest BCUT2D eigenvalue weighted by molar-refractivity contribution is -0.131. The van der Waals surface area contributed by atoms with Gasteiger partial charge in [-0.2, -0.15) is 0 Å². The molecule has 3 heteroatoms. The number of allylic oxidation sites excluding steroid dienone is 1. The smallest absolute Gasteiger partial charge is 0.328 e. The van der Waals surface area contributed by atoms with Gasteiger partial charge in [0.05, 0.1) is 0 Å². The molecule has 0 aliphatic carbocycles. The van der Waals surface area contributed by atoms with Gasteiger partial charge in [-0.05, 0) is 42.7 Å². The van der Waals surface area contributed by atoms with Crippen LogP contribution in [-0.2, 0) is 11.3 Å². The number of aromatic nitrogens is 1. The Hall–Kier alpha value is -2.03. The molecular weight excluding hydrogens is 250 g/mol. The van der Waals surface area contributed by atoms with Crippen molar-refractivity contribution in [2.24, 2.45) is 0 Å². The standard InChI is InChI=1S/C17H21NO2/c1-3-4-5-9-18-10-8-15-12-14(6-7-16(15)18)13(2)11-17(19)20/h6-8,10-12H,3-5,9H2,1-2H3,(H,19,20)/b13-11+. The quantitative estimate of drug-likeness (QED) is 0.628. The molecule has 3 nitrogen and oxygen atoms in total. The highest BCUT2D eigenvalue weighted by Crippen LogP contribution is 2.22. The van der Waals surface area contributed by atoms with Crippen LogP contribution >= 0.6 is 0 Å². The van der Waals surface area contributed by atoms with Gasteiger partial charge < -0.3 is 9.67 Å². The summed E-state index contributed by atoms with van der Waals surface area (Å²) in [7, 11) is 0. The third kappa shape index (κ3) is 3.29. The first kappa shape index (κ1) is 14.4. The number of carboxylic acid groups (broad SMARTS) is 1. The Morgan fingerprint density at radius 2 is 2.10 bits per heavy atom. The fourth-order valence-electron chi connectivity index (χ4n) is 2.44. The summed E-state index contributed by atoms with van der Waals surface area (Å²) >= 11 is 0. The van der Waals surface area contributed by atoms with E-state index in [2.05, 4.69) is 35.9 Å². The number of nitrogens with zero attached hydrogens (tertiary/aromatic N) is 1. The monoisotopic (exact) mass is 271 g/mol. The van der Waals surface area contributed by atoms with Crippen molar-refractivity contribution in [2.75, 3.05) is 0 Å². The van der Waals surface area contributed by atoms with Gasteiger partial charge in [0.1, 0.15) is 0 Å². The summed E-state index contributed by atoms with van der Waals surface area (Å²) in [5.41, 5.74) is 2.96. The van der Waals surface area contributed by atoms with E-state index in [0.717, 1.165) is 23.1 Å². The zero-order chi connectivity index (χ0) is 14.5. The number of aliphatic carboxylic acids is 1. The molecule has 0 bridgehead atoms. The first-order valence-electron chi connectivity index (χ1n) is 7.12. The minimum atomic E-state index is -0.903. The molecule has 1 N–H and O–H groups in total. The van der Waals surface area contributed by atoms with E-state index in [1.807, 2.05) is 13.0 Å². The van der Waals surface area contributed by atoms with Crippen LogP contribution in [0.4, 0.5) is 0 Å². The largest absolute Gasteiger partial charge is 0.478 e. The van der Waals surface area contributed by atoms with Gasteiger partial charge in [0.25, 0.3) is 0 Å². The van der Waals surface area contributed by atoms with Crippen molar-refractivity contribution >= 4 is 22.4 Å². The minimum absolute atomic E-state index is 0.776. The number of hydrogen-bond donors (Lipinski definition) is 1. The second-order valence-electron chi connectivity index (χ2n) is 5.16. The van der Waals surface area contributed by atoms with Crippen LogP contribution in [0.25, 0.3) is 16.5 Å². The average Bonchev–Trinajstić information content (AvgIpc) is 2.81. The highest BCUT2D eigenvalue weighted by molar-refractivity contribution is 5.91. The van der Waals surface area contributed by atoms with Gasteiger partial charge in [0, 0.05) is 29.7 Å². The molecule has 0 saturated carbocycles. The van der Waals surface area contributed by atoms with E-state index in [1.54, 1.807) is 0 Å². The molecule has 0 atom stereocenters. The predicted molar refractivity (Wildman–Crippen MR) is 82.7 cm³/mol. The SMILES string of the molecule is CCCCCn1ccc2cc(/C(C)=C/C(=O)O)ccc21. The summed E-state index contributed by atoms with van der Waals surface area (Å²) in [6.07, 6.45) is 7.03. The topological polar surface area (TPSA) is 42.2 Å². The van der Waals surface area contributed by atoms with Crippen molar-refractivity contribution < 1.29 is 9.90 Å². The van der Waals surface area contributed by atoms with Crippen molar-refractivity contribution in [2.45, 2.75) is 39.7 Å². The van der Waals surface area contributed by atoms with Gasteiger partial charge in [-0.1, -0.05) is 25.8 Å². The Morgan fingerprint density at radius 1 is 1.30 bits per heavy atom. The molecule has 106 valence electrons. The van der Waals surface area contributed by atoms with Gasteiger partial charge in [0.2, 0.25) is 0 Å². The van der Waals surface area contributed by atoms with Crippen LogP contribution < -0.4 is 0 Å². The van der Waals surface area contributed by atoms with Crippen molar-refractivity contribution in [3.05, 3.63) is 42.1 Å². The zero-order valence-electron chi connectivity index (χ0n) is 12.1. The van der Waals surface area contributed by atoms with Gasteiger partial charge in [0.15, 0.2) is 0 Å². The van der Waals surface area contributed by atoms with Crippen LogP contribution in [0.5, 0.6) is 0 Å². The molecule has 0 aliphatic rings. The Kier molecular flexibility index (Phi) is 4.61. The molecule has 2 aromatic rings. The van der Waals surface area contributed by atoms with Gasteiger partial charge in [-0.3, -0.25) is 0 Å². The van der Waals surface area contributed by atoms with Crippen LogP contribution in [0, 0.1) is 0 Å². The van der Waals surface area contributed by atoms with E-state index in [9.17, 15) is 4.79 Å². The van der Waals surface area contributed by atoms with Crippen molar-refractivity contribution in [1.82, 2.24) is 4.57 Å². The number of unbranched alkanes of at least 4 members (excludes halogenated alkanes) is 2. The Balaban J connectivity index is 2.26. The number of fused-ring (bicyclic) bond motifs is 1. The molecular formula is C17H21NO2. The first-order chi connectivity index (χ1) is 9.61. The summed E-state index contributed by atoms with van der Waals surface area (Å²) in [6, 6.07) is 8.22. The zero-order valence-corrected chi connectivity index (χ0v) is 12.1. The normalized spacial score (nSPS) is 12.0. The lowest BCUT2D eigenvalue weighted by Gasteiger charge is -2.06.